The van der Waals surface area contributed by atoms with Crippen LogP contribution < -0.4 is 5.32 Å². The Balaban J connectivity index is 1.52. The van der Waals surface area contributed by atoms with Gasteiger partial charge in [0.2, 0.25) is 0 Å². The van der Waals surface area contributed by atoms with Crippen molar-refractivity contribution in [1.82, 2.24) is 25.1 Å². The number of amides is 1. The molecule has 1 aromatic rings. The molecule has 1 atom stereocenters. The number of halogens is 1. The van der Waals surface area contributed by atoms with Gasteiger partial charge >= 0.3 is 5.97 Å². The summed E-state index contributed by atoms with van der Waals surface area (Å²) in [7, 11) is 0. The number of aromatic amines is 1. The van der Waals surface area contributed by atoms with Gasteiger partial charge in [-0.05, 0) is 32.1 Å². The van der Waals surface area contributed by atoms with Gasteiger partial charge < -0.3 is 25.2 Å². The van der Waals surface area contributed by atoms with Crippen LogP contribution in [0.4, 0.5) is 0 Å². The fraction of sp³-hybridized carbons (Fsp3) is 0.611. The predicted octanol–water partition coefficient (Wildman–Crippen LogP) is 1.84. The first-order valence-electron chi connectivity index (χ1n) is 9.39. The van der Waals surface area contributed by atoms with Gasteiger partial charge in [-0.3, -0.25) is 4.79 Å². The number of piperidine rings is 1. The van der Waals surface area contributed by atoms with Crippen LogP contribution in [0.25, 0.3) is 0 Å². The van der Waals surface area contributed by atoms with Crippen LogP contribution in [0.15, 0.2) is 12.4 Å². The van der Waals surface area contributed by atoms with Crippen LogP contribution in [0.3, 0.4) is 0 Å². The number of imidazole rings is 1. The number of nitrogens with zero attached hydrogens (tertiary/aromatic N) is 3. The highest BCUT2D eigenvalue weighted by Crippen LogP contribution is 2.26. The van der Waals surface area contributed by atoms with E-state index in [1.807, 2.05) is 11.8 Å². The summed E-state index contributed by atoms with van der Waals surface area (Å²) in [6.45, 7) is 8.25. The van der Waals surface area contributed by atoms with E-state index in [0.717, 1.165) is 50.4 Å². The SMILES string of the molecule is C=C(N1CCC(NC(=O)c2nc(Cl)c(CC)[nH]2)CC1)N1CCC[C@H]1C(=O)O. The monoisotopic (exact) mass is 395 g/mol. The van der Waals surface area contributed by atoms with Crippen molar-refractivity contribution in [3.8, 4) is 0 Å². The molecule has 0 aliphatic carbocycles. The lowest BCUT2D eigenvalue weighted by atomic mass is 10.0. The molecule has 9 heteroatoms. The third-order valence-electron chi connectivity index (χ3n) is 5.36. The number of aromatic nitrogens is 2. The number of carbonyl (C=O) groups is 2. The van der Waals surface area contributed by atoms with E-state index in [9.17, 15) is 14.7 Å². The number of H-pyrrole nitrogens is 1. The molecule has 27 heavy (non-hydrogen) atoms. The van der Waals surface area contributed by atoms with Crippen LogP contribution in [0.5, 0.6) is 0 Å². The van der Waals surface area contributed by atoms with Crippen molar-refractivity contribution in [2.45, 2.75) is 51.1 Å². The molecular formula is C18H26ClN5O3. The third kappa shape index (κ3) is 4.21. The molecule has 0 spiro atoms. The second kappa shape index (κ2) is 8.21. The first-order valence-corrected chi connectivity index (χ1v) is 9.77. The van der Waals surface area contributed by atoms with E-state index in [0.29, 0.717) is 18.0 Å². The van der Waals surface area contributed by atoms with Crippen LogP contribution in [-0.4, -0.2) is 68.5 Å². The van der Waals surface area contributed by atoms with Crippen molar-refractivity contribution >= 4 is 23.5 Å². The number of aryl methyl sites for hydroxylation is 1. The highest BCUT2D eigenvalue weighted by Gasteiger charge is 2.34. The summed E-state index contributed by atoms with van der Waals surface area (Å²) in [5.41, 5.74) is 0.756. The number of nitrogens with one attached hydrogen (secondary N) is 2. The summed E-state index contributed by atoms with van der Waals surface area (Å²) in [5.74, 6) is -0.0288. The molecule has 3 N–H and O–H groups in total. The van der Waals surface area contributed by atoms with Gasteiger partial charge in [0.1, 0.15) is 6.04 Å². The van der Waals surface area contributed by atoms with E-state index in [4.69, 9.17) is 11.6 Å². The Morgan fingerprint density at radius 2 is 2.04 bits per heavy atom. The smallest absolute Gasteiger partial charge is 0.326 e. The van der Waals surface area contributed by atoms with Gasteiger partial charge in [0.25, 0.3) is 5.91 Å². The molecule has 0 unspecified atom stereocenters. The highest BCUT2D eigenvalue weighted by atomic mass is 35.5. The molecule has 3 heterocycles. The van der Waals surface area contributed by atoms with Crippen molar-refractivity contribution < 1.29 is 14.7 Å². The number of hydrogen-bond donors (Lipinski definition) is 3. The Morgan fingerprint density at radius 3 is 2.63 bits per heavy atom. The second-order valence-electron chi connectivity index (χ2n) is 7.05. The molecule has 0 bridgehead atoms. The molecule has 2 saturated heterocycles. The van der Waals surface area contributed by atoms with Crippen LogP contribution >= 0.6 is 11.6 Å². The summed E-state index contributed by atoms with van der Waals surface area (Å²) < 4.78 is 0. The summed E-state index contributed by atoms with van der Waals surface area (Å²) in [6.07, 6.45) is 3.75. The molecule has 2 aliphatic heterocycles. The van der Waals surface area contributed by atoms with Crippen molar-refractivity contribution in [3.05, 3.63) is 29.1 Å². The van der Waals surface area contributed by atoms with Crippen LogP contribution in [0.1, 0.15) is 48.9 Å². The summed E-state index contributed by atoms with van der Waals surface area (Å²) in [4.78, 5) is 34.8. The quantitative estimate of drug-likeness (QED) is 0.679. The van der Waals surface area contributed by atoms with E-state index in [2.05, 4.69) is 26.8 Å². The molecule has 0 saturated carbocycles. The zero-order valence-electron chi connectivity index (χ0n) is 15.5. The average Bonchev–Trinajstić information content (AvgIpc) is 3.28. The molecule has 2 aliphatic rings. The van der Waals surface area contributed by atoms with Crippen LogP contribution in [-0.2, 0) is 11.2 Å². The third-order valence-corrected chi connectivity index (χ3v) is 5.67. The van der Waals surface area contributed by atoms with Gasteiger partial charge in [-0.25, -0.2) is 9.78 Å². The van der Waals surface area contributed by atoms with Crippen molar-refractivity contribution in [1.29, 1.82) is 0 Å². The number of rotatable bonds is 6. The van der Waals surface area contributed by atoms with Gasteiger partial charge in [-0.1, -0.05) is 25.1 Å². The van der Waals surface area contributed by atoms with Gasteiger partial charge in [0.15, 0.2) is 11.0 Å². The molecule has 148 valence electrons. The fourth-order valence-electron chi connectivity index (χ4n) is 3.78. The van der Waals surface area contributed by atoms with Crippen molar-refractivity contribution in [2.75, 3.05) is 19.6 Å². The molecule has 3 rings (SSSR count). The largest absolute Gasteiger partial charge is 0.480 e. The van der Waals surface area contributed by atoms with Crippen molar-refractivity contribution in [3.63, 3.8) is 0 Å². The number of hydrogen-bond acceptors (Lipinski definition) is 5. The Morgan fingerprint density at radius 1 is 1.33 bits per heavy atom. The standard InChI is InChI=1S/C18H26ClN5O3/c1-3-13-15(19)22-16(21-13)17(25)20-12-6-9-23(10-7-12)11(2)24-8-4-5-14(24)18(26)27/h12,14H,2-10H2,1H3,(H,20,25)(H,21,22)(H,26,27)/t14-/m0/s1. The van der Waals surface area contributed by atoms with Crippen molar-refractivity contribution in [2.24, 2.45) is 0 Å². The molecule has 0 aromatic carbocycles. The Bertz CT molecular complexity index is 727. The first kappa shape index (κ1) is 19.5. The zero-order chi connectivity index (χ0) is 19.6. The summed E-state index contributed by atoms with van der Waals surface area (Å²) in [6, 6.07) is -0.435. The van der Waals surface area contributed by atoms with Gasteiger partial charge in [0.05, 0.1) is 11.5 Å². The average molecular weight is 396 g/mol. The van der Waals surface area contributed by atoms with Crippen LogP contribution in [0, 0.1) is 0 Å². The lowest BCUT2D eigenvalue weighted by Gasteiger charge is -2.39. The van der Waals surface area contributed by atoms with E-state index in [1.54, 1.807) is 0 Å². The van der Waals surface area contributed by atoms with E-state index < -0.39 is 12.0 Å². The summed E-state index contributed by atoms with van der Waals surface area (Å²) >= 11 is 6.00. The Hall–Kier alpha value is -2.22. The Labute approximate surface area is 163 Å². The number of carbonyl (C=O) groups excluding carboxylic acids is 1. The maximum atomic E-state index is 12.4. The van der Waals surface area contributed by atoms with E-state index in [-0.39, 0.29) is 17.8 Å². The number of carboxylic acid groups (broad SMARTS) is 1. The zero-order valence-corrected chi connectivity index (χ0v) is 16.3. The lowest BCUT2D eigenvalue weighted by molar-refractivity contribution is -0.141. The minimum Gasteiger partial charge on any atom is -0.480 e. The maximum Gasteiger partial charge on any atom is 0.326 e. The molecule has 1 aromatic heterocycles. The molecular weight excluding hydrogens is 370 g/mol. The number of carboxylic acids is 1. The molecule has 1 amide bonds. The van der Waals surface area contributed by atoms with E-state index in [1.165, 1.54) is 0 Å². The lowest BCUT2D eigenvalue weighted by Crippen LogP contribution is -2.48. The maximum absolute atomic E-state index is 12.4. The van der Waals surface area contributed by atoms with Gasteiger partial charge in [-0.2, -0.15) is 0 Å². The highest BCUT2D eigenvalue weighted by molar-refractivity contribution is 6.30. The number of likely N-dealkylation sites (tertiary alicyclic amines) is 2. The number of aliphatic carboxylic acids is 1. The minimum absolute atomic E-state index is 0.0457. The molecule has 0 radical (unpaired) electrons. The summed E-state index contributed by atoms with van der Waals surface area (Å²) in [5, 5.41) is 12.7. The van der Waals surface area contributed by atoms with Gasteiger partial charge in [-0.15, -0.1) is 0 Å². The van der Waals surface area contributed by atoms with Gasteiger partial charge in [0, 0.05) is 25.7 Å². The normalized spacial score (nSPS) is 20.7. The van der Waals surface area contributed by atoms with E-state index >= 15 is 0 Å². The topological polar surface area (TPSA) is 102 Å². The minimum atomic E-state index is -0.792. The second-order valence-corrected chi connectivity index (χ2v) is 7.41. The predicted molar refractivity (Wildman–Crippen MR) is 102 cm³/mol. The first-order chi connectivity index (χ1) is 12.9. The molecule has 2 fully saturated rings. The Kier molecular flexibility index (Phi) is 5.94. The molecule has 8 nitrogen and oxygen atoms in total. The fourth-order valence-corrected chi connectivity index (χ4v) is 4.05. The van der Waals surface area contributed by atoms with Crippen LogP contribution in [0.2, 0.25) is 5.15 Å².